The van der Waals surface area contributed by atoms with Crippen LogP contribution in [0.5, 0.6) is 5.75 Å². The molecule has 2 aromatic rings. The molecule has 1 aliphatic heterocycles. The van der Waals surface area contributed by atoms with Crippen molar-refractivity contribution < 1.29 is 9.47 Å². The molecule has 0 atom stereocenters. The second-order valence-electron chi connectivity index (χ2n) is 7.62. The van der Waals surface area contributed by atoms with Gasteiger partial charge in [0.15, 0.2) is 5.96 Å². The number of nitrogens with one attached hydrogen (secondary N) is 2. The summed E-state index contributed by atoms with van der Waals surface area (Å²) in [6.45, 7) is 5.44. The number of aryl methyl sites for hydroxylation is 1. The van der Waals surface area contributed by atoms with Crippen LogP contribution in [-0.2, 0) is 16.6 Å². The van der Waals surface area contributed by atoms with Crippen LogP contribution in [0.15, 0.2) is 53.5 Å². The summed E-state index contributed by atoms with van der Waals surface area (Å²) < 4.78 is 11.1. The Morgan fingerprint density at radius 1 is 1.07 bits per heavy atom. The first kappa shape index (κ1) is 24.5. The van der Waals surface area contributed by atoms with Crippen molar-refractivity contribution in [2.24, 2.45) is 4.99 Å². The maximum Gasteiger partial charge on any atom is 0.191 e. The number of hydrogen-bond donors (Lipinski definition) is 2. The standard InChI is InChI=1S/C24H33N3O2.HI/c1-19-8-4-6-10-21(19)24(13-16-29-17-14-24)18-27-23(25-2)26-15-12-20-9-5-7-11-22(20)28-3;/h4-11H,12-18H2,1-3H3,(H2,25,26,27);1H. The van der Waals surface area contributed by atoms with Crippen molar-refractivity contribution in [1.29, 1.82) is 0 Å². The van der Waals surface area contributed by atoms with E-state index in [9.17, 15) is 0 Å². The molecule has 2 N–H and O–H groups in total. The van der Waals surface area contributed by atoms with E-state index >= 15 is 0 Å². The Morgan fingerprint density at radius 2 is 1.77 bits per heavy atom. The number of benzene rings is 2. The van der Waals surface area contributed by atoms with Crippen molar-refractivity contribution in [3.63, 3.8) is 0 Å². The number of nitrogens with zero attached hydrogens (tertiary/aromatic N) is 1. The van der Waals surface area contributed by atoms with Crippen LogP contribution in [0.1, 0.15) is 29.5 Å². The number of ether oxygens (including phenoxy) is 2. The highest BCUT2D eigenvalue weighted by molar-refractivity contribution is 14.0. The average Bonchev–Trinajstić information content (AvgIpc) is 2.77. The van der Waals surface area contributed by atoms with E-state index in [1.54, 1.807) is 7.11 Å². The van der Waals surface area contributed by atoms with Crippen molar-refractivity contribution in [1.82, 2.24) is 10.6 Å². The highest BCUT2D eigenvalue weighted by Gasteiger charge is 2.35. The number of rotatable bonds is 7. The van der Waals surface area contributed by atoms with Gasteiger partial charge in [0, 0.05) is 38.8 Å². The minimum atomic E-state index is 0. The van der Waals surface area contributed by atoms with Crippen LogP contribution in [0.3, 0.4) is 0 Å². The van der Waals surface area contributed by atoms with Crippen LogP contribution >= 0.6 is 24.0 Å². The van der Waals surface area contributed by atoms with Gasteiger partial charge in [-0.25, -0.2) is 0 Å². The van der Waals surface area contributed by atoms with Crippen molar-refractivity contribution in [2.75, 3.05) is 40.5 Å². The predicted molar refractivity (Wildman–Crippen MR) is 134 cm³/mol. The first-order valence-corrected chi connectivity index (χ1v) is 10.4. The molecule has 1 aliphatic rings. The summed E-state index contributed by atoms with van der Waals surface area (Å²) in [5.41, 5.74) is 4.03. The molecule has 1 heterocycles. The van der Waals surface area contributed by atoms with E-state index in [1.165, 1.54) is 16.7 Å². The molecule has 1 saturated heterocycles. The number of guanidine groups is 1. The van der Waals surface area contributed by atoms with E-state index < -0.39 is 0 Å². The van der Waals surface area contributed by atoms with E-state index in [2.05, 4.69) is 52.9 Å². The molecule has 1 fully saturated rings. The van der Waals surface area contributed by atoms with Gasteiger partial charge >= 0.3 is 0 Å². The molecule has 0 radical (unpaired) electrons. The summed E-state index contributed by atoms with van der Waals surface area (Å²) in [6.07, 6.45) is 2.91. The third kappa shape index (κ3) is 6.11. The zero-order valence-electron chi connectivity index (χ0n) is 18.2. The molecule has 0 spiro atoms. The zero-order valence-corrected chi connectivity index (χ0v) is 20.6. The van der Waals surface area contributed by atoms with Gasteiger partial charge in [-0.3, -0.25) is 4.99 Å². The smallest absolute Gasteiger partial charge is 0.191 e. The summed E-state index contributed by atoms with van der Waals surface area (Å²) in [5, 5.41) is 7.02. The van der Waals surface area contributed by atoms with Crippen molar-refractivity contribution in [3.05, 3.63) is 65.2 Å². The van der Waals surface area contributed by atoms with E-state index in [0.717, 1.165) is 57.3 Å². The molecular weight excluding hydrogens is 489 g/mol. The molecule has 3 rings (SSSR count). The Balaban J connectivity index is 0.00000320. The van der Waals surface area contributed by atoms with E-state index in [-0.39, 0.29) is 29.4 Å². The lowest BCUT2D eigenvalue weighted by molar-refractivity contribution is 0.0512. The minimum Gasteiger partial charge on any atom is -0.496 e. The summed E-state index contributed by atoms with van der Waals surface area (Å²) in [6, 6.07) is 16.9. The van der Waals surface area contributed by atoms with Crippen LogP contribution in [0, 0.1) is 6.92 Å². The first-order chi connectivity index (χ1) is 14.2. The van der Waals surface area contributed by atoms with Crippen LogP contribution in [-0.4, -0.2) is 46.4 Å². The summed E-state index contributed by atoms with van der Waals surface area (Å²) in [7, 11) is 3.54. The Hall–Kier alpha value is -1.80. The molecule has 0 unspecified atom stereocenters. The lowest BCUT2D eigenvalue weighted by atomic mass is 9.72. The lowest BCUT2D eigenvalue weighted by Crippen LogP contribution is -2.48. The molecule has 164 valence electrons. The number of aliphatic imine (C=N–C) groups is 1. The molecule has 30 heavy (non-hydrogen) atoms. The Morgan fingerprint density at radius 3 is 2.47 bits per heavy atom. The predicted octanol–water partition coefficient (Wildman–Crippen LogP) is 4.08. The summed E-state index contributed by atoms with van der Waals surface area (Å²) >= 11 is 0. The molecular formula is C24H34IN3O2. The number of halogens is 1. The normalized spacial score (nSPS) is 15.8. The molecule has 0 aliphatic carbocycles. The van der Waals surface area contributed by atoms with Crippen molar-refractivity contribution >= 4 is 29.9 Å². The maximum atomic E-state index is 5.67. The van der Waals surface area contributed by atoms with E-state index in [1.807, 2.05) is 25.2 Å². The maximum absolute atomic E-state index is 5.67. The van der Waals surface area contributed by atoms with Gasteiger partial charge in [-0.15, -0.1) is 24.0 Å². The average molecular weight is 523 g/mol. The minimum absolute atomic E-state index is 0. The Kier molecular flexibility index (Phi) is 9.91. The summed E-state index contributed by atoms with van der Waals surface area (Å²) in [4.78, 5) is 4.43. The van der Waals surface area contributed by atoms with Gasteiger partial charge in [-0.05, 0) is 48.9 Å². The third-order valence-electron chi connectivity index (χ3n) is 5.86. The van der Waals surface area contributed by atoms with Gasteiger partial charge in [0.1, 0.15) is 5.75 Å². The molecule has 2 aromatic carbocycles. The number of hydrogen-bond acceptors (Lipinski definition) is 3. The SMILES string of the molecule is CN=C(NCCc1ccccc1OC)NCC1(c2ccccc2C)CCOCC1.I. The zero-order chi connectivity index (χ0) is 20.5. The molecule has 6 heteroatoms. The largest absolute Gasteiger partial charge is 0.496 e. The molecule has 0 amide bonds. The van der Waals surface area contributed by atoms with Gasteiger partial charge in [0.05, 0.1) is 7.11 Å². The lowest BCUT2D eigenvalue weighted by Gasteiger charge is -2.39. The number of methoxy groups -OCH3 is 1. The van der Waals surface area contributed by atoms with Gasteiger partial charge in [-0.1, -0.05) is 42.5 Å². The third-order valence-corrected chi connectivity index (χ3v) is 5.86. The van der Waals surface area contributed by atoms with Gasteiger partial charge in [0.2, 0.25) is 0 Å². The van der Waals surface area contributed by atoms with E-state index in [4.69, 9.17) is 9.47 Å². The van der Waals surface area contributed by atoms with Crippen molar-refractivity contribution in [3.8, 4) is 5.75 Å². The molecule has 0 aromatic heterocycles. The van der Waals surface area contributed by atoms with Crippen LogP contribution in [0.4, 0.5) is 0 Å². The fourth-order valence-electron chi connectivity index (χ4n) is 4.17. The number of para-hydroxylation sites is 1. The molecule has 5 nitrogen and oxygen atoms in total. The highest BCUT2D eigenvalue weighted by atomic mass is 127. The molecule has 0 bridgehead atoms. The Labute approximate surface area is 197 Å². The topological polar surface area (TPSA) is 54.9 Å². The Bertz CT molecular complexity index is 820. The fraction of sp³-hybridized carbons (Fsp3) is 0.458. The van der Waals surface area contributed by atoms with Crippen molar-refractivity contribution in [2.45, 2.75) is 31.6 Å². The monoisotopic (exact) mass is 523 g/mol. The van der Waals surface area contributed by atoms with Crippen LogP contribution in [0.25, 0.3) is 0 Å². The fourth-order valence-corrected chi connectivity index (χ4v) is 4.17. The highest BCUT2D eigenvalue weighted by Crippen LogP contribution is 2.36. The second kappa shape index (κ2) is 12.2. The van der Waals surface area contributed by atoms with Gasteiger partial charge < -0.3 is 20.1 Å². The van der Waals surface area contributed by atoms with Crippen LogP contribution in [0.2, 0.25) is 0 Å². The first-order valence-electron chi connectivity index (χ1n) is 10.4. The second-order valence-corrected chi connectivity index (χ2v) is 7.62. The summed E-state index contributed by atoms with van der Waals surface area (Å²) in [5.74, 6) is 1.76. The van der Waals surface area contributed by atoms with Gasteiger partial charge in [0.25, 0.3) is 0 Å². The molecule has 0 saturated carbocycles. The quantitative estimate of drug-likeness (QED) is 0.327. The van der Waals surface area contributed by atoms with Crippen LogP contribution < -0.4 is 15.4 Å². The van der Waals surface area contributed by atoms with Gasteiger partial charge in [-0.2, -0.15) is 0 Å². The van der Waals surface area contributed by atoms with E-state index in [0.29, 0.717) is 0 Å².